The summed E-state index contributed by atoms with van der Waals surface area (Å²) in [6.07, 6.45) is 6.84. The number of unbranched alkanes of at least 4 members (excludes halogenated alkanes) is 2. The molecule has 0 heterocycles. The van der Waals surface area contributed by atoms with E-state index in [2.05, 4.69) is 33.4 Å². The van der Waals surface area contributed by atoms with E-state index in [-0.39, 0.29) is 11.3 Å². The second-order valence-electron chi connectivity index (χ2n) is 7.40. The van der Waals surface area contributed by atoms with Crippen LogP contribution in [0.4, 0.5) is 0 Å². The number of aliphatic hydroxyl groups excluding tert-OH is 1. The van der Waals surface area contributed by atoms with Gasteiger partial charge in [0.15, 0.2) is 0 Å². The number of hydrogen-bond acceptors (Lipinski definition) is 1. The normalized spacial score (nSPS) is 20.0. The zero-order chi connectivity index (χ0) is 16.9. The number of hydrogen-bond donors (Lipinski definition) is 1. The molecular weight excluding hydrogens is 280 g/mol. The van der Waals surface area contributed by atoms with E-state index in [1.165, 1.54) is 36.8 Å². The van der Waals surface area contributed by atoms with Crippen LogP contribution in [0.5, 0.6) is 0 Å². The van der Waals surface area contributed by atoms with Gasteiger partial charge < -0.3 is 5.11 Å². The van der Waals surface area contributed by atoms with E-state index < -0.39 is 6.10 Å². The lowest BCUT2D eigenvalue weighted by Crippen LogP contribution is -2.04. The van der Waals surface area contributed by atoms with Gasteiger partial charge in [-0.25, -0.2) is 0 Å². The third kappa shape index (κ3) is 4.37. The molecule has 1 nitrogen and oxygen atoms in total. The minimum atomic E-state index is -0.410. The molecule has 0 bridgehead atoms. The lowest BCUT2D eigenvalue weighted by atomic mass is 10.00. The molecule has 0 saturated heterocycles. The predicted molar refractivity (Wildman–Crippen MR) is 98.3 cm³/mol. The van der Waals surface area contributed by atoms with Gasteiger partial charge in [-0.1, -0.05) is 70.9 Å². The van der Waals surface area contributed by atoms with Crippen LogP contribution in [0, 0.1) is 11.3 Å². The highest BCUT2D eigenvalue weighted by Gasteiger charge is 2.56. The molecule has 1 heteroatoms. The minimum absolute atomic E-state index is 0.0684. The first-order chi connectivity index (χ1) is 11.0. The standard InChI is InChI=1S/C22H32O/c1-5-7-12-17(13-8-6-2)16-19-20(22(19,3)4)21(23)18-14-10-9-11-15-18/h9-11,14-15,20-21,23H,5-8,12-13H2,1-4H3. The monoisotopic (exact) mass is 312 g/mol. The average molecular weight is 312 g/mol. The van der Waals surface area contributed by atoms with Crippen molar-refractivity contribution in [3.8, 4) is 0 Å². The molecule has 1 N–H and O–H groups in total. The molecule has 0 aliphatic heterocycles. The molecule has 126 valence electrons. The maximum atomic E-state index is 10.8. The predicted octanol–water partition coefficient (Wildman–Crippen LogP) is 6.21. The van der Waals surface area contributed by atoms with Gasteiger partial charge in [-0.3, -0.25) is 0 Å². The smallest absolute Gasteiger partial charge is 0.0870 e. The zero-order valence-electron chi connectivity index (χ0n) is 15.2. The van der Waals surface area contributed by atoms with Gasteiger partial charge in [-0.05, 0) is 42.4 Å². The van der Waals surface area contributed by atoms with E-state index in [4.69, 9.17) is 0 Å². The highest BCUT2D eigenvalue weighted by Crippen LogP contribution is 2.62. The van der Waals surface area contributed by atoms with Crippen LogP contribution in [-0.2, 0) is 0 Å². The summed E-state index contributed by atoms with van der Waals surface area (Å²) >= 11 is 0. The van der Waals surface area contributed by atoms with Gasteiger partial charge in [0, 0.05) is 11.3 Å². The number of rotatable bonds is 8. The van der Waals surface area contributed by atoms with Crippen LogP contribution in [0.25, 0.3) is 0 Å². The van der Waals surface area contributed by atoms with Crippen LogP contribution in [0.2, 0.25) is 0 Å². The maximum absolute atomic E-state index is 10.8. The van der Waals surface area contributed by atoms with Crippen molar-refractivity contribution < 1.29 is 5.11 Å². The Morgan fingerprint density at radius 2 is 1.65 bits per heavy atom. The van der Waals surface area contributed by atoms with Gasteiger partial charge >= 0.3 is 0 Å². The Morgan fingerprint density at radius 3 is 2.17 bits per heavy atom. The van der Waals surface area contributed by atoms with Crippen molar-refractivity contribution in [3.63, 3.8) is 0 Å². The van der Waals surface area contributed by atoms with Gasteiger partial charge in [0.25, 0.3) is 0 Å². The van der Waals surface area contributed by atoms with E-state index >= 15 is 0 Å². The molecule has 1 saturated carbocycles. The van der Waals surface area contributed by atoms with Crippen LogP contribution in [0.1, 0.15) is 77.9 Å². The molecule has 2 atom stereocenters. The summed E-state index contributed by atoms with van der Waals surface area (Å²) < 4.78 is 0. The fraction of sp³-hybridized carbons (Fsp3) is 0.591. The molecule has 1 aliphatic carbocycles. The Labute approximate surface area is 142 Å². The van der Waals surface area contributed by atoms with E-state index in [9.17, 15) is 5.11 Å². The molecule has 23 heavy (non-hydrogen) atoms. The Kier molecular flexibility index (Phi) is 6.27. The second kappa shape index (κ2) is 7.99. The van der Waals surface area contributed by atoms with Crippen molar-refractivity contribution in [3.05, 3.63) is 52.8 Å². The Balaban J connectivity index is 2.24. The molecule has 0 radical (unpaired) electrons. The summed E-state index contributed by atoms with van der Waals surface area (Å²) in [5, 5.41) is 10.8. The van der Waals surface area contributed by atoms with Gasteiger partial charge in [0.05, 0.1) is 6.10 Å². The summed E-state index contributed by atoms with van der Waals surface area (Å²) in [6.45, 7) is 8.97. The van der Waals surface area contributed by atoms with Crippen molar-refractivity contribution in [2.24, 2.45) is 11.3 Å². The number of aliphatic hydroxyl groups is 1. The molecule has 1 aromatic carbocycles. The third-order valence-corrected chi connectivity index (χ3v) is 5.13. The van der Waals surface area contributed by atoms with Crippen molar-refractivity contribution >= 4 is 0 Å². The maximum Gasteiger partial charge on any atom is 0.0870 e. The largest absolute Gasteiger partial charge is 0.388 e. The van der Waals surface area contributed by atoms with Crippen LogP contribution in [-0.4, -0.2) is 5.11 Å². The topological polar surface area (TPSA) is 20.2 Å². The highest BCUT2D eigenvalue weighted by atomic mass is 16.3. The van der Waals surface area contributed by atoms with Crippen molar-refractivity contribution in [1.82, 2.24) is 0 Å². The summed E-state index contributed by atoms with van der Waals surface area (Å²) in [6, 6.07) is 10.0. The quantitative estimate of drug-likeness (QED) is 0.566. The molecular formula is C22H32O. The Bertz CT molecular complexity index is 551. The van der Waals surface area contributed by atoms with Gasteiger partial charge in [-0.2, -0.15) is 0 Å². The molecule has 0 amide bonds. The van der Waals surface area contributed by atoms with E-state index in [1.54, 1.807) is 0 Å². The second-order valence-corrected chi connectivity index (χ2v) is 7.40. The van der Waals surface area contributed by atoms with E-state index in [0.717, 1.165) is 18.4 Å². The fourth-order valence-corrected chi connectivity index (χ4v) is 3.44. The van der Waals surface area contributed by atoms with Crippen LogP contribution in [0.3, 0.4) is 0 Å². The minimum Gasteiger partial charge on any atom is -0.388 e. The van der Waals surface area contributed by atoms with Gasteiger partial charge in [-0.15, -0.1) is 5.73 Å². The zero-order valence-corrected chi connectivity index (χ0v) is 15.2. The van der Waals surface area contributed by atoms with Crippen LogP contribution < -0.4 is 0 Å². The third-order valence-electron chi connectivity index (χ3n) is 5.13. The first-order valence-electron chi connectivity index (χ1n) is 9.24. The first kappa shape index (κ1) is 18.0. The van der Waals surface area contributed by atoms with E-state index in [0.29, 0.717) is 0 Å². The lowest BCUT2D eigenvalue weighted by Gasteiger charge is -2.11. The lowest BCUT2D eigenvalue weighted by molar-refractivity contribution is 0.140. The fourth-order valence-electron chi connectivity index (χ4n) is 3.44. The molecule has 2 unspecified atom stereocenters. The Hall–Kier alpha value is -1.30. The van der Waals surface area contributed by atoms with Crippen molar-refractivity contribution in [1.29, 1.82) is 0 Å². The molecule has 0 spiro atoms. The van der Waals surface area contributed by atoms with E-state index in [1.807, 2.05) is 30.3 Å². The molecule has 2 rings (SSSR count). The van der Waals surface area contributed by atoms with Crippen LogP contribution >= 0.6 is 0 Å². The van der Waals surface area contributed by atoms with Crippen molar-refractivity contribution in [2.45, 2.75) is 72.3 Å². The summed E-state index contributed by atoms with van der Waals surface area (Å²) in [5.74, 6) is 0.211. The average Bonchev–Trinajstić information content (AvgIpc) is 3.10. The SMILES string of the molecule is CCCCC(=C=C1C(C(O)c2ccccc2)C1(C)C)CCCC. The molecule has 0 aromatic heterocycles. The Morgan fingerprint density at radius 1 is 1.09 bits per heavy atom. The molecule has 1 aliphatic rings. The summed E-state index contributed by atoms with van der Waals surface area (Å²) in [7, 11) is 0. The summed E-state index contributed by atoms with van der Waals surface area (Å²) in [4.78, 5) is 0. The first-order valence-corrected chi connectivity index (χ1v) is 9.24. The van der Waals surface area contributed by atoms with Gasteiger partial charge in [0.2, 0.25) is 0 Å². The highest BCUT2D eigenvalue weighted by molar-refractivity contribution is 5.40. The van der Waals surface area contributed by atoms with Crippen LogP contribution in [0.15, 0.2) is 47.2 Å². The number of benzene rings is 1. The van der Waals surface area contributed by atoms with Crippen molar-refractivity contribution in [2.75, 3.05) is 0 Å². The van der Waals surface area contributed by atoms with Gasteiger partial charge in [0.1, 0.15) is 0 Å². The molecule has 1 aromatic rings. The molecule has 1 fully saturated rings. The summed E-state index contributed by atoms with van der Waals surface area (Å²) in [5.41, 5.74) is 7.59.